The van der Waals surface area contributed by atoms with E-state index in [1.807, 2.05) is 9.80 Å². The number of rotatable bonds is 21. The average Bonchev–Trinajstić information content (AvgIpc) is 1.53. The highest BCUT2D eigenvalue weighted by Gasteiger charge is 2.59. The van der Waals surface area contributed by atoms with Crippen molar-refractivity contribution in [3.8, 4) is 34.5 Å². The van der Waals surface area contributed by atoms with Crippen molar-refractivity contribution in [2.75, 3.05) is 91.7 Å². The molecule has 0 aliphatic carbocycles. The van der Waals surface area contributed by atoms with Crippen LogP contribution in [0.5, 0.6) is 34.5 Å². The molecule has 0 saturated carbocycles. The maximum Gasteiger partial charge on any atom is 0.534 e. The SMILES string of the molecule is C.CC(=O)N1CCN(CCCC[P+](c2ccccc2)(c2ccccc2)c2ccccc2)CC1.CC(=O)N1CCN(CCCC[P+](c2ccccc2)(c2ccccc2)c2ccccc2)CC1.COCOc1c(F)cc2c(c1F)Oc1c(cc(F)c(C)c1F)C21OC(=O)c2ccccc21.Cc1c(F)cc2c(c1F)Oc1c(cc(F)c(OS(=O)(=O)C(F)(F)F)c1F)C21OC(=O)c2ccccc21.[Br-]. The van der Waals surface area contributed by atoms with Crippen molar-refractivity contribution in [3.63, 3.8) is 0 Å². The third-order valence-corrected chi connectivity index (χ3v) is 34.6. The summed E-state index contributed by atoms with van der Waals surface area (Å²) in [5.74, 6) is -18.6. The van der Waals surface area contributed by atoms with E-state index in [1.165, 1.54) is 120 Å². The van der Waals surface area contributed by atoms with Gasteiger partial charge >= 0.3 is 27.6 Å². The largest absolute Gasteiger partial charge is 1.00 e. The lowest BCUT2D eigenvalue weighted by Crippen LogP contribution is -3.00. The summed E-state index contributed by atoms with van der Waals surface area (Å²) in [6, 6.07) is 81.1. The second-order valence-electron chi connectivity index (χ2n) is 32.3. The third kappa shape index (κ3) is 19.2. The topological polar surface area (TPSA) is 180 Å². The van der Waals surface area contributed by atoms with E-state index in [9.17, 15) is 58.3 Å². The van der Waals surface area contributed by atoms with E-state index >= 15 is 17.6 Å². The van der Waals surface area contributed by atoms with Crippen LogP contribution in [0, 0.1) is 60.4 Å². The number of amides is 2. The van der Waals surface area contributed by atoms with Crippen molar-refractivity contribution in [1.29, 1.82) is 0 Å². The molecule has 6 aliphatic rings. The van der Waals surface area contributed by atoms with Crippen LogP contribution in [-0.2, 0) is 45.1 Å². The fraction of sp³-hybridized carbons (Fsp3) is 0.255. The molecule has 6 aliphatic heterocycles. The molecule has 134 heavy (non-hydrogen) atoms. The Labute approximate surface area is 781 Å². The number of ether oxygens (including phenoxy) is 6. The minimum absolute atomic E-state index is 0. The maximum atomic E-state index is 15.4. The van der Waals surface area contributed by atoms with Crippen LogP contribution in [0.2, 0.25) is 0 Å². The molecule has 17 nitrogen and oxygen atoms in total. The summed E-state index contributed by atoms with van der Waals surface area (Å²) in [6.45, 7) is 14.7. The zero-order chi connectivity index (χ0) is 93.6. The summed E-state index contributed by atoms with van der Waals surface area (Å²) in [5, 5.41) is 8.79. The van der Waals surface area contributed by atoms with Gasteiger partial charge in [0.1, 0.15) is 58.0 Å². The number of benzene rings is 12. The van der Waals surface area contributed by atoms with Gasteiger partial charge in [0.25, 0.3) is 0 Å². The lowest BCUT2D eigenvalue weighted by molar-refractivity contribution is -0.131. The first-order valence-corrected chi connectivity index (χ1v) is 48.0. The Morgan fingerprint density at radius 1 is 0.403 bits per heavy atom. The molecule has 0 bridgehead atoms. The van der Waals surface area contributed by atoms with Crippen molar-refractivity contribution < 1.29 is 125 Å². The van der Waals surface area contributed by atoms with E-state index < -0.39 is 158 Å². The maximum absolute atomic E-state index is 15.4. The molecule has 2 spiro atoms. The number of methoxy groups -OCH3 is 1. The van der Waals surface area contributed by atoms with Gasteiger partial charge in [0.05, 0.1) is 45.7 Å². The highest BCUT2D eigenvalue weighted by molar-refractivity contribution is 7.96. The van der Waals surface area contributed by atoms with Crippen LogP contribution in [0.4, 0.5) is 48.3 Å². The minimum Gasteiger partial charge on any atom is -1.00 e. The zero-order valence-corrected chi connectivity index (χ0v) is 76.9. The molecule has 2 amide bonds. The lowest BCUT2D eigenvalue weighted by atomic mass is 9.77. The first kappa shape index (κ1) is 99.6. The molecule has 2 atom stereocenters. The van der Waals surface area contributed by atoms with Crippen LogP contribution in [-0.4, -0.2) is 149 Å². The number of piperazine rings is 2. The van der Waals surface area contributed by atoms with Crippen molar-refractivity contribution in [2.45, 2.75) is 77.5 Å². The van der Waals surface area contributed by atoms with Crippen LogP contribution in [0.3, 0.4) is 0 Å². The van der Waals surface area contributed by atoms with Gasteiger partial charge in [-0.15, -0.1) is 0 Å². The molecule has 0 radical (unpaired) electrons. The number of fused-ring (bicyclic) bond motifs is 12. The smallest absolute Gasteiger partial charge is 0.534 e. The van der Waals surface area contributed by atoms with E-state index in [-0.39, 0.29) is 75.2 Å². The molecular formula is C102H95BrF11N4O13P2S+. The second-order valence-corrected chi connectivity index (χ2v) is 41.0. The summed E-state index contributed by atoms with van der Waals surface area (Å²) < 4.78 is 216. The molecular weight excluding hydrogens is 1870 g/mol. The molecule has 2 fully saturated rings. The van der Waals surface area contributed by atoms with Gasteiger partial charge in [-0.25, -0.2) is 35.9 Å². The Hall–Kier alpha value is -11.9. The van der Waals surface area contributed by atoms with Gasteiger partial charge in [0, 0.05) is 95.6 Å². The number of carbonyl (C=O) groups is 4. The predicted octanol–water partition coefficient (Wildman–Crippen LogP) is 15.9. The fourth-order valence-corrected chi connectivity index (χ4v) is 27.2. The van der Waals surface area contributed by atoms with Gasteiger partial charge in [-0.05, 0) is 162 Å². The molecule has 6 heterocycles. The van der Waals surface area contributed by atoms with Gasteiger partial charge in [-0.2, -0.15) is 30.4 Å². The molecule has 2 unspecified atom stereocenters. The highest BCUT2D eigenvalue weighted by Crippen LogP contribution is 2.63. The number of halogens is 12. The minimum atomic E-state index is -6.53. The van der Waals surface area contributed by atoms with Gasteiger partial charge in [-0.3, -0.25) is 19.4 Å². The van der Waals surface area contributed by atoms with Crippen molar-refractivity contribution in [1.82, 2.24) is 19.6 Å². The van der Waals surface area contributed by atoms with Crippen LogP contribution in [0.25, 0.3) is 0 Å². The number of alkyl halides is 3. The van der Waals surface area contributed by atoms with Gasteiger partial charge < -0.3 is 59.4 Å². The predicted molar refractivity (Wildman–Crippen MR) is 489 cm³/mol. The van der Waals surface area contributed by atoms with E-state index in [2.05, 4.69) is 196 Å². The number of nitrogens with zero attached hydrogens (tertiary/aromatic N) is 4. The molecule has 2 saturated heterocycles. The summed E-state index contributed by atoms with van der Waals surface area (Å²) in [4.78, 5) is 57.5. The van der Waals surface area contributed by atoms with Crippen molar-refractivity contribution >= 4 is 80.2 Å². The van der Waals surface area contributed by atoms with Gasteiger partial charge in [-0.1, -0.05) is 153 Å². The Balaban J connectivity index is 0.000000151. The Kier molecular flexibility index (Phi) is 31.2. The van der Waals surface area contributed by atoms with Crippen molar-refractivity contribution in [2.24, 2.45) is 0 Å². The molecule has 0 aromatic heterocycles. The number of carbonyl (C=O) groups excluding carboxylic acids is 4. The molecule has 700 valence electrons. The monoisotopic (exact) mass is 1970 g/mol. The quantitative estimate of drug-likeness (QED) is 0.0126. The number of hydrogen-bond acceptors (Lipinski definition) is 15. The third-order valence-electron chi connectivity index (χ3n) is 24.6. The van der Waals surface area contributed by atoms with E-state index in [0.717, 1.165) is 90.6 Å². The summed E-state index contributed by atoms with van der Waals surface area (Å²) in [7, 11) is -8.71. The first-order chi connectivity index (χ1) is 63.4. The highest BCUT2D eigenvalue weighted by atomic mass is 79.9. The first-order valence-electron chi connectivity index (χ1n) is 42.6. The average molecular weight is 1970 g/mol. The van der Waals surface area contributed by atoms with E-state index in [4.69, 9.17) is 28.4 Å². The van der Waals surface area contributed by atoms with Crippen molar-refractivity contribution in [3.05, 3.63) is 357 Å². The van der Waals surface area contributed by atoms with Crippen LogP contribution in [0.1, 0.15) is 112 Å². The standard InChI is InChI=1S/2C28H34N2OP.C23H14F4O5.C22H9F7O6S.CH4.BrH/c2*1-25(31)30-22-20-29(21-23-30)19-11-12-24-32(26-13-5-2-6-14-26,27-15-7-3-8-16-27)28-17-9-4-10-18-28;1-10-15(24)7-13-19(17(10)26)31-20-14(8-16(25)21(18(20)27)30-9-29-2)23(13)12-6-4-3-5-11(12)22(28)32-23;1-8-13(23)6-11-17(15(8)25)33-18-12(21(11)10-5-3-2-4-9(10)20(30)34-21)7-14(24)19(16(18)26)35-36(31,32)22(27,28)29;;/h2*2-10,13-18H,11-12,19-24H2,1H3;3-8H,9H2,1-2H3;2-7H,1H3;1H4;1H/q2*+1;;;;/p-1. The van der Waals surface area contributed by atoms with Crippen LogP contribution < -0.4 is 67.2 Å². The second kappa shape index (κ2) is 41.9. The Morgan fingerprint density at radius 2 is 0.687 bits per heavy atom. The number of hydrogen-bond donors (Lipinski definition) is 0. The van der Waals surface area contributed by atoms with Gasteiger partial charge in [0.2, 0.25) is 29.2 Å². The molecule has 12 aromatic rings. The number of esters is 2. The van der Waals surface area contributed by atoms with Crippen LogP contribution in [0.15, 0.2) is 255 Å². The Bertz CT molecular complexity index is 6040. The number of unbranched alkanes of at least 4 members (excludes halogenated alkanes) is 2. The fourth-order valence-electron chi connectivity index (χ4n) is 17.9. The van der Waals surface area contributed by atoms with Gasteiger partial charge in [0.15, 0.2) is 70.0 Å². The zero-order valence-electron chi connectivity index (χ0n) is 72.7. The molecule has 32 heteroatoms. The Morgan fingerprint density at radius 3 is 0.993 bits per heavy atom. The molecule has 0 N–H and O–H groups in total. The van der Waals surface area contributed by atoms with E-state index in [1.54, 1.807) is 26.0 Å². The summed E-state index contributed by atoms with van der Waals surface area (Å²) >= 11 is 0. The molecule has 12 aromatic carbocycles. The molecule has 18 rings (SSSR count). The normalized spacial score (nSPS) is 16.4. The summed E-state index contributed by atoms with van der Waals surface area (Å²) in [6.07, 6.45) is 7.12. The summed E-state index contributed by atoms with van der Waals surface area (Å²) in [5.41, 5.74) is -13.2. The van der Waals surface area contributed by atoms with Crippen LogP contribution >= 0.6 is 14.5 Å². The van der Waals surface area contributed by atoms with E-state index in [0.29, 0.717) is 6.07 Å². The lowest BCUT2D eigenvalue weighted by Gasteiger charge is -2.37.